The highest BCUT2D eigenvalue weighted by Crippen LogP contribution is 2.42. The molecule has 1 rings (SSSR count). The quantitative estimate of drug-likeness (QED) is 0.583. The molecule has 1 aliphatic rings. The average Bonchev–Trinajstić information content (AvgIpc) is 2.11. The Kier molecular flexibility index (Phi) is 4.02. The van der Waals surface area contributed by atoms with Crippen molar-refractivity contribution in [3.05, 3.63) is 23.3 Å². The van der Waals surface area contributed by atoms with Crippen molar-refractivity contribution in [2.75, 3.05) is 0 Å². The first-order chi connectivity index (χ1) is 8.33. The van der Waals surface area contributed by atoms with Gasteiger partial charge in [-0.3, -0.25) is 4.79 Å². The van der Waals surface area contributed by atoms with E-state index in [0.717, 1.165) is 11.1 Å². The number of ether oxygens (including phenoxy) is 1. The van der Waals surface area contributed by atoms with Crippen LogP contribution in [0, 0.1) is 10.8 Å². The Morgan fingerprint density at radius 1 is 1.21 bits per heavy atom. The van der Waals surface area contributed by atoms with Crippen LogP contribution in [-0.4, -0.2) is 16.9 Å². The minimum atomic E-state index is -1.52. The molecule has 0 saturated heterocycles. The van der Waals surface area contributed by atoms with E-state index in [2.05, 4.69) is 47.6 Å². The highest BCUT2D eigenvalue weighted by molar-refractivity contribution is 5.67. The van der Waals surface area contributed by atoms with Gasteiger partial charge in [0.1, 0.15) is 0 Å². The van der Waals surface area contributed by atoms with Crippen LogP contribution in [0.5, 0.6) is 0 Å². The van der Waals surface area contributed by atoms with Gasteiger partial charge >= 0.3 is 5.97 Å². The van der Waals surface area contributed by atoms with Gasteiger partial charge in [0.25, 0.3) is 0 Å². The molecule has 1 unspecified atom stereocenters. The summed E-state index contributed by atoms with van der Waals surface area (Å²) >= 11 is 0. The van der Waals surface area contributed by atoms with Crippen molar-refractivity contribution in [3.63, 3.8) is 0 Å². The molecular formula is C16H26O3. The number of carbonyl (C=O) groups is 1. The van der Waals surface area contributed by atoms with Crippen molar-refractivity contribution in [1.29, 1.82) is 0 Å². The zero-order chi connectivity index (χ0) is 15.1. The van der Waals surface area contributed by atoms with Crippen molar-refractivity contribution in [2.45, 2.75) is 60.7 Å². The van der Waals surface area contributed by atoms with Crippen molar-refractivity contribution in [1.82, 2.24) is 0 Å². The fraction of sp³-hybridized carbons (Fsp3) is 0.688. The van der Waals surface area contributed by atoms with Gasteiger partial charge in [-0.25, -0.2) is 0 Å². The van der Waals surface area contributed by atoms with Crippen LogP contribution in [0.25, 0.3) is 0 Å². The molecule has 0 bridgehead atoms. The lowest BCUT2D eigenvalue weighted by Crippen LogP contribution is -2.37. The van der Waals surface area contributed by atoms with E-state index in [-0.39, 0.29) is 10.8 Å². The number of esters is 1. The Balaban J connectivity index is 3.25. The van der Waals surface area contributed by atoms with Crippen LogP contribution in [-0.2, 0) is 9.53 Å². The second-order valence-electron chi connectivity index (χ2n) is 7.38. The Labute approximate surface area is 116 Å². The van der Waals surface area contributed by atoms with E-state index in [1.807, 2.05) is 0 Å². The van der Waals surface area contributed by atoms with E-state index >= 15 is 0 Å². The minimum absolute atomic E-state index is 0.0705. The maximum atomic E-state index is 11.2. The molecule has 0 amide bonds. The Hall–Kier alpha value is -1.09. The number of allylic oxidation sites excluding steroid dienone is 2. The number of aliphatic hydroxyl groups is 1. The summed E-state index contributed by atoms with van der Waals surface area (Å²) in [5.41, 5.74) is 1.90. The fourth-order valence-corrected chi connectivity index (χ4v) is 2.08. The van der Waals surface area contributed by atoms with Gasteiger partial charge in [-0.2, -0.15) is 0 Å². The lowest BCUT2D eigenvalue weighted by molar-refractivity contribution is -0.188. The molecule has 1 atom stereocenters. The van der Waals surface area contributed by atoms with E-state index in [0.29, 0.717) is 6.42 Å². The summed E-state index contributed by atoms with van der Waals surface area (Å²) in [6, 6.07) is 0. The Bertz CT molecular complexity index is 430. The van der Waals surface area contributed by atoms with Crippen LogP contribution in [0.4, 0.5) is 0 Å². The summed E-state index contributed by atoms with van der Waals surface area (Å²) in [7, 11) is 0. The molecule has 0 saturated carbocycles. The van der Waals surface area contributed by atoms with Crippen LogP contribution in [0.15, 0.2) is 23.3 Å². The topological polar surface area (TPSA) is 46.5 Å². The SMILES string of the molecule is CC(=O)OC1(O)C=C(C(C)(C)C)C=C(C(C)(C)C)C1. The van der Waals surface area contributed by atoms with Crippen molar-refractivity contribution < 1.29 is 14.6 Å². The molecule has 1 N–H and O–H groups in total. The van der Waals surface area contributed by atoms with Gasteiger partial charge < -0.3 is 9.84 Å². The molecule has 0 aromatic carbocycles. The van der Waals surface area contributed by atoms with Gasteiger partial charge in [0.05, 0.1) is 0 Å². The predicted octanol–water partition coefficient (Wildman–Crippen LogP) is 3.59. The molecule has 0 aromatic rings. The summed E-state index contributed by atoms with van der Waals surface area (Å²) in [4.78, 5) is 11.2. The first-order valence-electron chi connectivity index (χ1n) is 6.70. The van der Waals surface area contributed by atoms with E-state index in [4.69, 9.17) is 4.74 Å². The zero-order valence-corrected chi connectivity index (χ0v) is 13.1. The summed E-state index contributed by atoms with van der Waals surface area (Å²) in [5, 5.41) is 10.5. The molecular weight excluding hydrogens is 240 g/mol. The van der Waals surface area contributed by atoms with Crippen LogP contribution < -0.4 is 0 Å². The molecule has 0 fully saturated rings. The van der Waals surface area contributed by atoms with Gasteiger partial charge in [-0.05, 0) is 22.5 Å². The van der Waals surface area contributed by atoms with Gasteiger partial charge in [-0.1, -0.05) is 53.2 Å². The van der Waals surface area contributed by atoms with Gasteiger partial charge in [0.2, 0.25) is 5.79 Å². The van der Waals surface area contributed by atoms with Gasteiger partial charge in [-0.15, -0.1) is 0 Å². The number of hydrogen-bond donors (Lipinski definition) is 1. The Morgan fingerprint density at radius 2 is 1.74 bits per heavy atom. The first-order valence-corrected chi connectivity index (χ1v) is 6.70. The minimum Gasteiger partial charge on any atom is -0.429 e. The molecule has 0 aromatic heterocycles. The highest BCUT2D eigenvalue weighted by atomic mass is 16.7. The Morgan fingerprint density at radius 3 is 2.11 bits per heavy atom. The van der Waals surface area contributed by atoms with E-state index in [9.17, 15) is 9.90 Å². The second kappa shape index (κ2) is 4.78. The lowest BCUT2D eigenvalue weighted by atomic mass is 9.74. The molecule has 19 heavy (non-hydrogen) atoms. The standard InChI is InChI=1S/C16H26O3/c1-11(17)19-16(18)9-12(14(2,3)4)8-13(10-16)15(5,6)7/h8-9,18H,10H2,1-7H3. The number of rotatable bonds is 1. The zero-order valence-electron chi connectivity index (χ0n) is 13.1. The summed E-state index contributed by atoms with van der Waals surface area (Å²) in [5.74, 6) is -1.99. The van der Waals surface area contributed by atoms with E-state index in [1.54, 1.807) is 6.08 Å². The molecule has 0 spiro atoms. The third-order valence-electron chi connectivity index (χ3n) is 3.30. The summed E-state index contributed by atoms with van der Waals surface area (Å²) in [6.45, 7) is 13.8. The molecule has 108 valence electrons. The molecule has 0 aliphatic heterocycles. The van der Waals surface area contributed by atoms with Crippen LogP contribution in [0.3, 0.4) is 0 Å². The molecule has 3 nitrogen and oxygen atoms in total. The monoisotopic (exact) mass is 266 g/mol. The molecule has 0 heterocycles. The van der Waals surface area contributed by atoms with Gasteiger partial charge in [0.15, 0.2) is 0 Å². The normalized spacial score (nSPS) is 24.6. The predicted molar refractivity (Wildman–Crippen MR) is 76.4 cm³/mol. The third kappa shape index (κ3) is 4.20. The van der Waals surface area contributed by atoms with E-state index in [1.165, 1.54) is 6.92 Å². The first kappa shape index (κ1) is 16.0. The number of carbonyl (C=O) groups excluding carboxylic acids is 1. The van der Waals surface area contributed by atoms with Gasteiger partial charge in [0, 0.05) is 13.3 Å². The maximum absolute atomic E-state index is 11.2. The lowest BCUT2D eigenvalue weighted by Gasteiger charge is -2.37. The van der Waals surface area contributed by atoms with Crippen LogP contribution >= 0.6 is 0 Å². The third-order valence-corrected chi connectivity index (χ3v) is 3.30. The number of hydrogen-bond acceptors (Lipinski definition) is 3. The van der Waals surface area contributed by atoms with Crippen LogP contribution in [0.1, 0.15) is 54.9 Å². The molecule has 3 heteroatoms. The summed E-state index contributed by atoms with van der Waals surface area (Å²) in [6.07, 6.45) is 4.12. The molecule has 1 aliphatic carbocycles. The van der Waals surface area contributed by atoms with Crippen molar-refractivity contribution >= 4 is 5.97 Å². The smallest absolute Gasteiger partial charge is 0.305 e. The second-order valence-corrected chi connectivity index (χ2v) is 7.38. The average molecular weight is 266 g/mol. The highest BCUT2D eigenvalue weighted by Gasteiger charge is 2.38. The van der Waals surface area contributed by atoms with Crippen LogP contribution in [0.2, 0.25) is 0 Å². The fourth-order valence-electron chi connectivity index (χ4n) is 2.08. The van der Waals surface area contributed by atoms with E-state index < -0.39 is 11.8 Å². The maximum Gasteiger partial charge on any atom is 0.305 e. The van der Waals surface area contributed by atoms with Crippen molar-refractivity contribution in [2.24, 2.45) is 10.8 Å². The largest absolute Gasteiger partial charge is 0.429 e. The molecule has 0 radical (unpaired) electrons. The van der Waals surface area contributed by atoms with Crippen molar-refractivity contribution in [3.8, 4) is 0 Å². The summed E-state index contributed by atoms with van der Waals surface area (Å²) < 4.78 is 5.13.